The van der Waals surface area contributed by atoms with E-state index in [1.54, 1.807) is 6.20 Å². The number of aromatic nitrogens is 2. The predicted molar refractivity (Wildman–Crippen MR) is 84.3 cm³/mol. The molecule has 0 unspecified atom stereocenters. The van der Waals surface area contributed by atoms with Crippen LogP contribution in [-0.2, 0) is 14.3 Å². The van der Waals surface area contributed by atoms with Gasteiger partial charge >= 0.3 is 0 Å². The summed E-state index contributed by atoms with van der Waals surface area (Å²) in [4.78, 5) is 19.9. The topological polar surface area (TPSA) is 85.4 Å². The lowest BCUT2D eigenvalue weighted by Gasteiger charge is -2.22. The summed E-state index contributed by atoms with van der Waals surface area (Å²) in [5.41, 5.74) is 0.689. The highest BCUT2D eigenvalue weighted by atomic mass is 32.2. The fraction of sp³-hybridized carbons (Fsp3) is 0.643. The molecule has 1 amide bonds. The second-order valence-electron chi connectivity index (χ2n) is 5.21. The third-order valence-corrected chi connectivity index (χ3v) is 4.49. The van der Waals surface area contributed by atoms with Crippen LogP contribution >= 0.6 is 11.8 Å². The van der Waals surface area contributed by atoms with E-state index >= 15 is 0 Å². The highest BCUT2D eigenvalue weighted by molar-refractivity contribution is 8.00. The van der Waals surface area contributed by atoms with Gasteiger partial charge in [-0.05, 0) is 19.3 Å². The fourth-order valence-corrected chi connectivity index (χ4v) is 3.08. The van der Waals surface area contributed by atoms with Gasteiger partial charge in [0.2, 0.25) is 11.9 Å². The lowest BCUT2D eigenvalue weighted by molar-refractivity contribution is -0.113. The second kappa shape index (κ2) is 7.75. The van der Waals surface area contributed by atoms with Crippen LogP contribution in [0.1, 0.15) is 19.3 Å². The standard InChI is InChI=1S/C14H20N4O3S/c19-12-9-22-13-11(17-12)8-16-14(18-13)15-4-1-5-21-10-2-6-20-7-3-10/h8,10H,1-7,9H2,(H,17,19)(H,15,16,18). The molecule has 0 atom stereocenters. The first-order valence-electron chi connectivity index (χ1n) is 7.54. The van der Waals surface area contributed by atoms with Gasteiger partial charge in [-0.25, -0.2) is 9.97 Å². The zero-order chi connectivity index (χ0) is 15.2. The number of amides is 1. The molecule has 120 valence electrons. The molecule has 0 aliphatic carbocycles. The summed E-state index contributed by atoms with van der Waals surface area (Å²) in [7, 11) is 0. The molecule has 0 radical (unpaired) electrons. The van der Waals surface area contributed by atoms with Crippen LogP contribution in [0.15, 0.2) is 11.2 Å². The fourth-order valence-electron chi connectivity index (χ4n) is 2.33. The van der Waals surface area contributed by atoms with Crippen molar-refractivity contribution < 1.29 is 14.3 Å². The molecule has 1 aromatic rings. The van der Waals surface area contributed by atoms with E-state index in [9.17, 15) is 4.79 Å². The van der Waals surface area contributed by atoms with Crippen molar-refractivity contribution in [1.82, 2.24) is 9.97 Å². The van der Waals surface area contributed by atoms with Crippen molar-refractivity contribution >= 4 is 29.3 Å². The van der Waals surface area contributed by atoms with Crippen LogP contribution in [0.25, 0.3) is 0 Å². The first-order chi connectivity index (χ1) is 10.8. The lowest BCUT2D eigenvalue weighted by Crippen LogP contribution is -2.24. The number of hydrogen-bond acceptors (Lipinski definition) is 7. The molecular formula is C14H20N4O3S. The van der Waals surface area contributed by atoms with E-state index < -0.39 is 0 Å². The first kappa shape index (κ1) is 15.5. The number of rotatable bonds is 6. The van der Waals surface area contributed by atoms with Gasteiger partial charge in [0.05, 0.1) is 23.7 Å². The number of thioether (sulfide) groups is 1. The quantitative estimate of drug-likeness (QED) is 0.606. The van der Waals surface area contributed by atoms with Gasteiger partial charge in [0.1, 0.15) is 5.03 Å². The van der Waals surface area contributed by atoms with Crippen LogP contribution in [-0.4, -0.2) is 54.1 Å². The van der Waals surface area contributed by atoms with Gasteiger partial charge in [0, 0.05) is 26.4 Å². The van der Waals surface area contributed by atoms with Crippen LogP contribution < -0.4 is 10.6 Å². The van der Waals surface area contributed by atoms with Crippen molar-refractivity contribution in [1.29, 1.82) is 0 Å². The van der Waals surface area contributed by atoms with Crippen molar-refractivity contribution in [2.24, 2.45) is 0 Å². The van der Waals surface area contributed by atoms with E-state index in [0.717, 1.165) is 50.7 Å². The van der Waals surface area contributed by atoms with Gasteiger partial charge in [-0.2, -0.15) is 0 Å². The van der Waals surface area contributed by atoms with Gasteiger partial charge < -0.3 is 20.1 Å². The number of nitrogens with one attached hydrogen (secondary N) is 2. The maximum Gasteiger partial charge on any atom is 0.234 e. The van der Waals surface area contributed by atoms with E-state index in [1.807, 2.05) is 0 Å². The van der Waals surface area contributed by atoms with Crippen LogP contribution in [0.2, 0.25) is 0 Å². The molecule has 3 rings (SSSR count). The van der Waals surface area contributed by atoms with E-state index in [-0.39, 0.29) is 5.91 Å². The molecule has 0 aromatic carbocycles. The molecule has 1 saturated heterocycles. The molecule has 1 aromatic heterocycles. The summed E-state index contributed by atoms with van der Waals surface area (Å²) in [5.74, 6) is 0.989. The van der Waals surface area contributed by atoms with E-state index in [0.29, 0.717) is 23.5 Å². The van der Waals surface area contributed by atoms with E-state index in [2.05, 4.69) is 20.6 Å². The largest absolute Gasteiger partial charge is 0.381 e. The lowest BCUT2D eigenvalue weighted by atomic mass is 10.1. The summed E-state index contributed by atoms with van der Waals surface area (Å²) >= 11 is 1.43. The summed E-state index contributed by atoms with van der Waals surface area (Å²) in [6, 6.07) is 0. The number of ether oxygens (including phenoxy) is 2. The van der Waals surface area contributed by atoms with Crippen LogP contribution in [0.4, 0.5) is 11.6 Å². The Kier molecular flexibility index (Phi) is 5.47. The average Bonchev–Trinajstić information content (AvgIpc) is 2.55. The Morgan fingerprint density at radius 3 is 3.18 bits per heavy atom. The normalized spacial score (nSPS) is 18.6. The molecule has 8 heteroatoms. The van der Waals surface area contributed by atoms with Gasteiger partial charge in [0.25, 0.3) is 0 Å². The Morgan fingerprint density at radius 1 is 1.45 bits per heavy atom. The number of fused-ring (bicyclic) bond motifs is 1. The zero-order valence-electron chi connectivity index (χ0n) is 12.3. The Bertz CT molecular complexity index is 523. The molecule has 2 aliphatic heterocycles. The minimum atomic E-state index is -0.00734. The molecule has 2 N–H and O–H groups in total. The van der Waals surface area contributed by atoms with Crippen molar-refractivity contribution in [3.8, 4) is 0 Å². The van der Waals surface area contributed by atoms with Crippen LogP contribution in [0.3, 0.4) is 0 Å². The van der Waals surface area contributed by atoms with Crippen molar-refractivity contribution in [2.45, 2.75) is 30.4 Å². The number of carbonyl (C=O) groups excluding carboxylic acids is 1. The van der Waals surface area contributed by atoms with Gasteiger partial charge in [-0.1, -0.05) is 11.8 Å². The molecule has 22 heavy (non-hydrogen) atoms. The highest BCUT2D eigenvalue weighted by Gasteiger charge is 2.17. The van der Waals surface area contributed by atoms with E-state index in [1.165, 1.54) is 11.8 Å². The third kappa shape index (κ3) is 4.31. The molecule has 0 bridgehead atoms. The maximum absolute atomic E-state index is 11.3. The SMILES string of the molecule is O=C1CSc2nc(NCCCOC3CCOCC3)ncc2N1. The Balaban J connectivity index is 1.37. The maximum atomic E-state index is 11.3. The molecule has 1 fully saturated rings. The summed E-state index contributed by atoms with van der Waals surface area (Å²) in [6.45, 7) is 3.10. The highest BCUT2D eigenvalue weighted by Crippen LogP contribution is 2.29. The van der Waals surface area contributed by atoms with Gasteiger partial charge in [-0.15, -0.1) is 0 Å². The third-order valence-electron chi connectivity index (χ3n) is 3.49. The van der Waals surface area contributed by atoms with Crippen LogP contribution in [0, 0.1) is 0 Å². The van der Waals surface area contributed by atoms with Gasteiger partial charge in [-0.3, -0.25) is 4.79 Å². The van der Waals surface area contributed by atoms with Gasteiger partial charge in [0.15, 0.2) is 0 Å². The predicted octanol–water partition coefficient (Wildman–Crippen LogP) is 1.52. The Hall–Kier alpha value is -1.38. The monoisotopic (exact) mass is 324 g/mol. The number of anilines is 2. The summed E-state index contributed by atoms with van der Waals surface area (Å²) in [5, 5.41) is 6.76. The van der Waals surface area contributed by atoms with E-state index in [4.69, 9.17) is 9.47 Å². The van der Waals surface area contributed by atoms with Crippen molar-refractivity contribution in [3.63, 3.8) is 0 Å². The summed E-state index contributed by atoms with van der Waals surface area (Å²) in [6.07, 6.45) is 4.87. The Labute approximate surface area is 133 Å². The average molecular weight is 324 g/mol. The zero-order valence-corrected chi connectivity index (χ0v) is 13.2. The van der Waals surface area contributed by atoms with Crippen LogP contribution in [0.5, 0.6) is 0 Å². The molecule has 7 nitrogen and oxygen atoms in total. The Morgan fingerprint density at radius 2 is 2.32 bits per heavy atom. The second-order valence-corrected chi connectivity index (χ2v) is 6.18. The van der Waals surface area contributed by atoms with Crippen molar-refractivity contribution in [2.75, 3.05) is 42.8 Å². The molecule has 2 aliphatic rings. The number of hydrogen-bond donors (Lipinski definition) is 2. The molecular weight excluding hydrogens is 304 g/mol. The molecule has 0 spiro atoms. The number of nitrogens with zero attached hydrogens (tertiary/aromatic N) is 2. The smallest absolute Gasteiger partial charge is 0.234 e. The minimum Gasteiger partial charge on any atom is -0.381 e. The summed E-state index contributed by atoms with van der Waals surface area (Å²) < 4.78 is 11.1. The molecule has 3 heterocycles. The molecule has 0 saturated carbocycles. The van der Waals surface area contributed by atoms with Crippen molar-refractivity contribution in [3.05, 3.63) is 6.20 Å². The first-order valence-corrected chi connectivity index (χ1v) is 8.53. The minimum absolute atomic E-state index is 0.00734. The number of carbonyl (C=O) groups is 1.